The van der Waals surface area contributed by atoms with Gasteiger partial charge in [0, 0.05) is 38.3 Å². The van der Waals surface area contributed by atoms with Crippen molar-refractivity contribution in [3.8, 4) is 0 Å². The van der Waals surface area contributed by atoms with Crippen LogP contribution in [0.2, 0.25) is 0 Å². The zero-order chi connectivity index (χ0) is 19.6. The molecule has 146 valence electrons. The van der Waals surface area contributed by atoms with Gasteiger partial charge in [0.05, 0.1) is 24.3 Å². The van der Waals surface area contributed by atoms with Gasteiger partial charge in [-0.05, 0) is 30.5 Å². The summed E-state index contributed by atoms with van der Waals surface area (Å²) < 4.78 is 5.43. The smallest absolute Gasteiger partial charge is 0.261 e. The second-order valence-corrected chi connectivity index (χ2v) is 7.57. The van der Waals surface area contributed by atoms with E-state index in [-0.39, 0.29) is 23.8 Å². The average molecular weight is 373 g/mol. The summed E-state index contributed by atoms with van der Waals surface area (Å²) in [7, 11) is 1.45. The molecular weight excluding hydrogens is 346 g/mol. The Labute approximate surface area is 159 Å². The van der Waals surface area contributed by atoms with Crippen molar-refractivity contribution in [3.63, 3.8) is 0 Å². The lowest BCUT2D eigenvalue weighted by Gasteiger charge is -2.35. The number of nitrogens with one attached hydrogen (secondary N) is 1. The number of hydrogen-bond acceptors (Lipinski definition) is 5. The third-order valence-electron chi connectivity index (χ3n) is 5.16. The lowest BCUT2D eigenvalue weighted by Crippen LogP contribution is -2.49. The highest BCUT2D eigenvalue weighted by atomic mass is 16.5. The Morgan fingerprint density at radius 3 is 2.48 bits per heavy atom. The Morgan fingerprint density at radius 2 is 1.81 bits per heavy atom. The molecule has 2 aliphatic heterocycles. The topological polar surface area (TPSA) is 79.0 Å². The molecule has 0 aromatic heterocycles. The first-order valence-electron chi connectivity index (χ1n) is 9.45. The molecule has 1 aromatic carbocycles. The van der Waals surface area contributed by atoms with Gasteiger partial charge in [0.15, 0.2) is 0 Å². The van der Waals surface area contributed by atoms with E-state index >= 15 is 0 Å². The summed E-state index contributed by atoms with van der Waals surface area (Å²) in [5.41, 5.74) is 1.04. The fourth-order valence-corrected chi connectivity index (χ4v) is 3.66. The number of ether oxygens (including phenoxy) is 1. The molecule has 2 heterocycles. The van der Waals surface area contributed by atoms with Crippen LogP contribution in [-0.4, -0.2) is 73.5 Å². The van der Waals surface area contributed by atoms with Gasteiger partial charge in [0.2, 0.25) is 0 Å². The van der Waals surface area contributed by atoms with E-state index in [1.807, 2.05) is 0 Å². The van der Waals surface area contributed by atoms with Crippen LogP contribution in [0.5, 0.6) is 0 Å². The van der Waals surface area contributed by atoms with E-state index in [1.54, 1.807) is 12.1 Å². The van der Waals surface area contributed by atoms with Crippen LogP contribution < -0.4 is 5.32 Å². The molecule has 2 aliphatic rings. The average Bonchev–Trinajstić information content (AvgIpc) is 2.89. The SMILES string of the molecule is CC(C)CC(CNC(=O)c1ccc2c(c1)C(=O)N(C)C2=O)N1CCOCC1. The van der Waals surface area contributed by atoms with Gasteiger partial charge in [-0.2, -0.15) is 0 Å². The minimum Gasteiger partial charge on any atom is -0.379 e. The molecule has 0 spiro atoms. The molecule has 3 amide bonds. The molecule has 1 fully saturated rings. The Balaban J connectivity index is 1.67. The number of hydrogen-bond donors (Lipinski definition) is 1. The number of rotatable bonds is 6. The summed E-state index contributed by atoms with van der Waals surface area (Å²) in [5.74, 6) is -0.398. The van der Waals surface area contributed by atoms with Gasteiger partial charge < -0.3 is 10.1 Å². The molecule has 27 heavy (non-hydrogen) atoms. The summed E-state index contributed by atoms with van der Waals surface area (Å²) >= 11 is 0. The highest BCUT2D eigenvalue weighted by molar-refractivity contribution is 6.21. The summed E-state index contributed by atoms with van der Waals surface area (Å²) in [5, 5.41) is 3.00. The standard InChI is InChI=1S/C20H27N3O4/c1-13(2)10-15(23-6-8-27-9-7-23)12-21-18(24)14-4-5-16-17(11-14)20(26)22(3)19(16)25/h4-5,11,13,15H,6-10,12H2,1-3H3,(H,21,24). The molecule has 1 N–H and O–H groups in total. The van der Waals surface area contributed by atoms with E-state index in [2.05, 4.69) is 24.1 Å². The van der Waals surface area contributed by atoms with E-state index < -0.39 is 0 Å². The zero-order valence-electron chi connectivity index (χ0n) is 16.2. The Hall–Kier alpha value is -2.25. The Morgan fingerprint density at radius 1 is 1.15 bits per heavy atom. The van der Waals surface area contributed by atoms with Crippen molar-refractivity contribution in [1.29, 1.82) is 0 Å². The summed E-state index contributed by atoms with van der Waals surface area (Å²) in [6.07, 6.45) is 0.988. The van der Waals surface area contributed by atoms with Crippen LogP contribution in [0.4, 0.5) is 0 Å². The van der Waals surface area contributed by atoms with Crippen LogP contribution in [0.3, 0.4) is 0 Å². The predicted octanol–water partition coefficient (Wildman–Crippen LogP) is 1.39. The van der Waals surface area contributed by atoms with Crippen LogP contribution in [0.15, 0.2) is 18.2 Å². The molecule has 1 aromatic rings. The minimum absolute atomic E-state index is 0.227. The summed E-state index contributed by atoms with van der Waals surface area (Å²) in [6.45, 7) is 8.07. The maximum Gasteiger partial charge on any atom is 0.261 e. The molecule has 3 rings (SSSR count). The lowest BCUT2D eigenvalue weighted by atomic mass is 10.0. The second-order valence-electron chi connectivity index (χ2n) is 7.57. The maximum atomic E-state index is 12.6. The third kappa shape index (κ3) is 4.20. The van der Waals surface area contributed by atoms with Gasteiger partial charge >= 0.3 is 0 Å². The largest absolute Gasteiger partial charge is 0.379 e. The van der Waals surface area contributed by atoms with Crippen molar-refractivity contribution < 1.29 is 19.1 Å². The van der Waals surface area contributed by atoms with Crippen molar-refractivity contribution in [2.24, 2.45) is 5.92 Å². The number of amides is 3. The van der Waals surface area contributed by atoms with E-state index in [9.17, 15) is 14.4 Å². The monoisotopic (exact) mass is 373 g/mol. The molecule has 1 saturated heterocycles. The molecule has 0 radical (unpaired) electrons. The molecule has 1 atom stereocenters. The molecule has 7 nitrogen and oxygen atoms in total. The predicted molar refractivity (Wildman–Crippen MR) is 101 cm³/mol. The first kappa shape index (κ1) is 19.5. The van der Waals surface area contributed by atoms with Gasteiger partial charge in [0.25, 0.3) is 17.7 Å². The van der Waals surface area contributed by atoms with Crippen molar-refractivity contribution in [2.75, 3.05) is 39.9 Å². The molecule has 1 unspecified atom stereocenters. The number of imide groups is 1. The van der Waals surface area contributed by atoms with Crippen LogP contribution in [0, 0.1) is 5.92 Å². The van der Waals surface area contributed by atoms with Gasteiger partial charge in [0.1, 0.15) is 0 Å². The van der Waals surface area contributed by atoms with Crippen molar-refractivity contribution in [3.05, 3.63) is 34.9 Å². The fraction of sp³-hybridized carbons (Fsp3) is 0.550. The van der Waals surface area contributed by atoms with Gasteiger partial charge in [-0.15, -0.1) is 0 Å². The quantitative estimate of drug-likeness (QED) is 0.763. The fourth-order valence-electron chi connectivity index (χ4n) is 3.66. The molecule has 7 heteroatoms. The normalized spacial score (nSPS) is 18.7. The highest BCUT2D eigenvalue weighted by Gasteiger charge is 2.33. The number of carbonyl (C=O) groups is 3. The summed E-state index contributed by atoms with van der Waals surface area (Å²) in [4.78, 5) is 40.2. The number of morpholine rings is 1. The highest BCUT2D eigenvalue weighted by Crippen LogP contribution is 2.22. The molecule has 0 aliphatic carbocycles. The Bertz CT molecular complexity index is 741. The Kier molecular flexibility index (Phi) is 5.92. The van der Waals surface area contributed by atoms with Crippen molar-refractivity contribution in [1.82, 2.24) is 15.1 Å². The second kappa shape index (κ2) is 8.19. The molecule has 0 saturated carbocycles. The number of nitrogens with zero attached hydrogens (tertiary/aromatic N) is 2. The lowest BCUT2D eigenvalue weighted by molar-refractivity contribution is 0.0124. The van der Waals surface area contributed by atoms with Crippen LogP contribution in [0.1, 0.15) is 51.3 Å². The first-order valence-corrected chi connectivity index (χ1v) is 9.45. The van der Waals surface area contributed by atoms with E-state index in [1.165, 1.54) is 13.1 Å². The van der Waals surface area contributed by atoms with Crippen LogP contribution in [0.25, 0.3) is 0 Å². The van der Waals surface area contributed by atoms with E-state index in [4.69, 9.17) is 4.74 Å². The number of carbonyl (C=O) groups excluding carboxylic acids is 3. The van der Waals surface area contributed by atoms with Crippen molar-refractivity contribution >= 4 is 17.7 Å². The molecule has 0 bridgehead atoms. The van der Waals surface area contributed by atoms with Gasteiger partial charge in [-0.25, -0.2) is 0 Å². The van der Waals surface area contributed by atoms with E-state index in [0.717, 1.165) is 37.6 Å². The third-order valence-corrected chi connectivity index (χ3v) is 5.16. The summed E-state index contributed by atoms with van der Waals surface area (Å²) in [6, 6.07) is 4.92. The van der Waals surface area contributed by atoms with Crippen molar-refractivity contribution in [2.45, 2.75) is 26.3 Å². The maximum absolute atomic E-state index is 12.6. The van der Waals surface area contributed by atoms with Gasteiger partial charge in [-0.3, -0.25) is 24.2 Å². The zero-order valence-corrected chi connectivity index (χ0v) is 16.2. The molecular formula is C20H27N3O4. The van der Waals surface area contributed by atoms with E-state index in [0.29, 0.717) is 29.2 Å². The van der Waals surface area contributed by atoms with Crippen LogP contribution >= 0.6 is 0 Å². The number of benzene rings is 1. The van der Waals surface area contributed by atoms with Gasteiger partial charge in [-0.1, -0.05) is 13.8 Å². The van der Waals surface area contributed by atoms with Crippen LogP contribution in [-0.2, 0) is 4.74 Å². The minimum atomic E-state index is -0.365. The number of fused-ring (bicyclic) bond motifs is 1. The first-order chi connectivity index (χ1) is 12.9.